The molecule has 3 atom stereocenters. The third-order valence-electron chi connectivity index (χ3n) is 5.11. The minimum Gasteiger partial charge on any atom is -0.329 e. The molecule has 1 aromatic rings. The highest BCUT2D eigenvalue weighted by Crippen LogP contribution is 2.51. The predicted octanol–water partition coefficient (Wildman–Crippen LogP) is 3.35. The smallest absolute Gasteiger partial charge is 0.329 e. The number of hydrogen-bond acceptors (Lipinski definition) is 2. The lowest BCUT2D eigenvalue weighted by molar-refractivity contribution is -0.138. The number of carbonyl (C=O) groups excluding carboxylic acids is 1. The van der Waals surface area contributed by atoms with Crippen molar-refractivity contribution in [3.63, 3.8) is 0 Å². The van der Waals surface area contributed by atoms with E-state index in [4.69, 9.17) is 0 Å². The number of benzene rings is 1. The maximum absolute atomic E-state index is 13.5. The monoisotopic (exact) mass is 346 g/mol. The summed E-state index contributed by atoms with van der Waals surface area (Å²) in [6, 6.07) is 2.79. The van der Waals surface area contributed by atoms with E-state index in [-0.39, 0.29) is 29.9 Å². The van der Waals surface area contributed by atoms with Crippen molar-refractivity contribution >= 4 is 18.3 Å². The second-order valence-electron chi connectivity index (χ2n) is 6.57. The van der Waals surface area contributed by atoms with Crippen LogP contribution in [0.25, 0.3) is 0 Å². The van der Waals surface area contributed by atoms with Crippen molar-refractivity contribution in [3.8, 4) is 0 Å². The Bertz CT molecular complexity index is 661. The van der Waals surface area contributed by atoms with Crippen LogP contribution < -0.4 is 5.32 Å². The highest BCUT2D eigenvalue weighted by atomic mass is 35.5. The van der Waals surface area contributed by atoms with Gasteiger partial charge in [-0.15, -0.1) is 12.4 Å². The number of amides is 1. The number of fused-ring (bicyclic) bond motifs is 3. The molecule has 0 radical (unpaired) electrons. The minimum atomic E-state index is -4.49. The molecule has 0 spiro atoms. The molecule has 1 saturated carbocycles. The van der Waals surface area contributed by atoms with Gasteiger partial charge in [0.05, 0.1) is 17.2 Å². The number of piperazine rings is 1. The van der Waals surface area contributed by atoms with Crippen molar-refractivity contribution in [2.45, 2.75) is 31.5 Å². The fraction of sp³-hybridized carbons (Fsp3) is 0.562. The van der Waals surface area contributed by atoms with Crippen LogP contribution in [-0.2, 0) is 6.18 Å². The fourth-order valence-corrected chi connectivity index (χ4v) is 3.78. The summed E-state index contributed by atoms with van der Waals surface area (Å²) in [6.07, 6.45) is -3.56. The van der Waals surface area contributed by atoms with E-state index in [1.165, 1.54) is 6.07 Å². The van der Waals surface area contributed by atoms with Crippen LogP contribution in [0.2, 0.25) is 0 Å². The number of halogens is 4. The Hall–Kier alpha value is -1.27. The summed E-state index contributed by atoms with van der Waals surface area (Å²) in [7, 11) is 0. The van der Waals surface area contributed by atoms with Crippen LogP contribution in [0.15, 0.2) is 12.1 Å². The Morgan fingerprint density at radius 2 is 2.00 bits per heavy atom. The molecule has 1 N–H and O–H groups in total. The van der Waals surface area contributed by atoms with Gasteiger partial charge in [-0.05, 0) is 35.4 Å². The Balaban J connectivity index is 0.00000156. The molecule has 1 aliphatic carbocycles. The summed E-state index contributed by atoms with van der Waals surface area (Å²) in [4.78, 5) is 14.0. The number of hydrogen-bond donors (Lipinski definition) is 1. The Kier molecular flexibility index (Phi) is 3.88. The third kappa shape index (κ3) is 2.52. The average Bonchev–Trinajstić information content (AvgIpc) is 3.14. The van der Waals surface area contributed by atoms with Gasteiger partial charge in [0, 0.05) is 19.6 Å². The number of carbonyl (C=O) groups is 1. The molecule has 2 aliphatic heterocycles. The maximum atomic E-state index is 13.5. The first-order valence-electron chi connectivity index (χ1n) is 7.64. The summed E-state index contributed by atoms with van der Waals surface area (Å²) >= 11 is 0. The highest BCUT2D eigenvalue weighted by molar-refractivity contribution is 6.01. The van der Waals surface area contributed by atoms with Crippen LogP contribution in [0.1, 0.15) is 52.4 Å². The summed E-state index contributed by atoms with van der Waals surface area (Å²) in [5, 5.41) is 3.17. The van der Waals surface area contributed by atoms with E-state index in [0.717, 1.165) is 12.0 Å². The maximum Gasteiger partial charge on any atom is 0.417 e. The van der Waals surface area contributed by atoms with Crippen molar-refractivity contribution in [3.05, 3.63) is 34.4 Å². The molecular weight excluding hydrogens is 329 g/mol. The Morgan fingerprint density at radius 1 is 1.30 bits per heavy atom. The quantitative estimate of drug-likeness (QED) is 0.845. The fourth-order valence-electron chi connectivity index (χ4n) is 3.78. The molecule has 2 heterocycles. The Morgan fingerprint density at radius 3 is 2.61 bits per heavy atom. The van der Waals surface area contributed by atoms with Gasteiger partial charge in [0.1, 0.15) is 0 Å². The van der Waals surface area contributed by atoms with Gasteiger partial charge in [-0.2, -0.15) is 13.2 Å². The summed E-state index contributed by atoms with van der Waals surface area (Å²) in [5.41, 5.74) is 0.414. The summed E-state index contributed by atoms with van der Waals surface area (Å²) < 4.78 is 40.4. The molecule has 3 aliphatic rings. The van der Waals surface area contributed by atoms with Gasteiger partial charge >= 0.3 is 6.18 Å². The van der Waals surface area contributed by atoms with Gasteiger partial charge in [0.2, 0.25) is 0 Å². The molecule has 1 aromatic carbocycles. The van der Waals surface area contributed by atoms with E-state index >= 15 is 0 Å². The van der Waals surface area contributed by atoms with E-state index < -0.39 is 17.6 Å². The van der Waals surface area contributed by atoms with Crippen LogP contribution in [0, 0.1) is 5.92 Å². The van der Waals surface area contributed by atoms with E-state index in [1.54, 1.807) is 4.90 Å². The molecule has 1 saturated heterocycles. The van der Waals surface area contributed by atoms with Crippen molar-refractivity contribution in [1.29, 1.82) is 0 Å². The molecule has 7 heteroatoms. The number of nitrogens with zero attached hydrogens (tertiary/aromatic N) is 1. The van der Waals surface area contributed by atoms with Crippen LogP contribution in [0.3, 0.4) is 0 Å². The largest absolute Gasteiger partial charge is 0.417 e. The van der Waals surface area contributed by atoms with Gasteiger partial charge in [-0.25, -0.2) is 0 Å². The van der Waals surface area contributed by atoms with Gasteiger partial charge in [0.25, 0.3) is 5.91 Å². The molecule has 3 nitrogen and oxygen atoms in total. The number of rotatable bonds is 1. The van der Waals surface area contributed by atoms with Crippen LogP contribution in [-0.4, -0.2) is 30.4 Å². The SMILES string of the molecule is C[C@@H]1C[C@H]1c1cc2c(c(C(F)(F)F)c1)C(=O)N1CCNC[C@@H]21.Cl. The minimum absolute atomic E-state index is 0. The molecule has 126 valence electrons. The molecule has 2 fully saturated rings. The van der Waals surface area contributed by atoms with Crippen LogP contribution in [0.4, 0.5) is 13.2 Å². The molecular formula is C16H18ClF3N2O. The van der Waals surface area contributed by atoms with Gasteiger partial charge in [-0.1, -0.05) is 13.0 Å². The van der Waals surface area contributed by atoms with E-state index in [2.05, 4.69) is 5.32 Å². The normalized spacial score (nSPS) is 29.0. The number of alkyl halides is 3. The highest BCUT2D eigenvalue weighted by Gasteiger charge is 2.47. The standard InChI is InChI=1S/C16H17F3N2O.ClH/c1-8-4-10(8)9-5-11-13-7-20-2-3-21(13)15(22)14(11)12(6-9)16(17,18)19;/h5-6,8,10,13,20H,2-4,7H2,1H3;1H/t8-,10-,13+;/m1./s1. The van der Waals surface area contributed by atoms with Crippen molar-refractivity contribution in [2.24, 2.45) is 5.92 Å². The molecule has 0 unspecified atom stereocenters. The van der Waals surface area contributed by atoms with Gasteiger partial charge in [0.15, 0.2) is 0 Å². The first-order chi connectivity index (χ1) is 10.4. The van der Waals surface area contributed by atoms with Crippen molar-refractivity contribution in [1.82, 2.24) is 10.2 Å². The second kappa shape index (κ2) is 5.38. The van der Waals surface area contributed by atoms with Gasteiger partial charge in [-0.3, -0.25) is 4.79 Å². The van der Waals surface area contributed by atoms with Crippen LogP contribution in [0.5, 0.6) is 0 Å². The molecule has 4 rings (SSSR count). The molecule has 1 amide bonds. The Labute approximate surface area is 138 Å². The van der Waals surface area contributed by atoms with Crippen LogP contribution >= 0.6 is 12.4 Å². The lowest BCUT2D eigenvalue weighted by Crippen LogP contribution is -2.44. The van der Waals surface area contributed by atoms with Crippen molar-refractivity contribution in [2.75, 3.05) is 19.6 Å². The number of nitrogens with one attached hydrogen (secondary N) is 1. The first-order valence-corrected chi connectivity index (χ1v) is 7.64. The lowest BCUT2D eigenvalue weighted by atomic mass is 9.93. The average molecular weight is 347 g/mol. The molecule has 0 aromatic heterocycles. The topological polar surface area (TPSA) is 32.3 Å². The molecule has 23 heavy (non-hydrogen) atoms. The van der Waals surface area contributed by atoms with E-state index in [9.17, 15) is 18.0 Å². The lowest BCUT2D eigenvalue weighted by Gasteiger charge is -2.30. The predicted molar refractivity (Wildman–Crippen MR) is 81.9 cm³/mol. The second-order valence-corrected chi connectivity index (χ2v) is 6.57. The zero-order valence-electron chi connectivity index (χ0n) is 12.6. The summed E-state index contributed by atoms with van der Waals surface area (Å²) in [5.74, 6) is 0.160. The van der Waals surface area contributed by atoms with Crippen molar-refractivity contribution < 1.29 is 18.0 Å². The van der Waals surface area contributed by atoms with E-state index in [1.807, 2.05) is 13.0 Å². The molecule has 0 bridgehead atoms. The summed E-state index contributed by atoms with van der Waals surface area (Å²) in [6.45, 7) is 3.67. The first kappa shape index (κ1) is 16.6. The zero-order valence-corrected chi connectivity index (χ0v) is 13.4. The third-order valence-corrected chi connectivity index (χ3v) is 5.11. The van der Waals surface area contributed by atoms with Gasteiger partial charge < -0.3 is 10.2 Å². The van der Waals surface area contributed by atoms with E-state index in [0.29, 0.717) is 31.1 Å². The zero-order chi connectivity index (χ0) is 15.6.